The van der Waals surface area contributed by atoms with E-state index >= 15 is 0 Å². The first-order valence-corrected chi connectivity index (χ1v) is 9.03. The van der Waals surface area contributed by atoms with Crippen LogP contribution in [0.1, 0.15) is 21.5 Å². The van der Waals surface area contributed by atoms with Crippen LogP contribution in [0.2, 0.25) is 0 Å². The van der Waals surface area contributed by atoms with Gasteiger partial charge in [-0.15, -0.1) is 0 Å². The molecule has 0 aliphatic carbocycles. The van der Waals surface area contributed by atoms with E-state index in [1.165, 1.54) is 0 Å². The van der Waals surface area contributed by atoms with E-state index in [1.54, 1.807) is 30.3 Å². The SMILES string of the molecule is N[C@@H](Cc1ccc(OCc2ccccc2)cc1)C(=O)NC(=O)c1ccccc1. The fourth-order valence-corrected chi connectivity index (χ4v) is 2.68. The van der Waals surface area contributed by atoms with Gasteiger partial charge in [-0.1, -0.05) is 60.7 Å². The Bertz CT molecular complexity index is 910. The lowest BCUT2D eigenvalue weighted by molar-refractivity contribution is -0.121. The molecular formula is C23H22N2O3. The molecule has 28 heavy (non-hydrogen) atoms. The minimum atomic E-state index is -0.816. The van der Waals surface area contributed by atoms with Crippen molar-refractivity contribution in [3.05, 3.63) is 102 Å². The normalized spacial score (nSPS) is 11.5. The third-order valence-corrected chi connectivity index (χ3v) is 4.24. The molecule has 0 aliphatic rings. The van der Waals surface area contributed by atoms with E-state index in [9.17, 15) is 9.59 Å². The number of rotatable bonds is 7. The van der Waals surface area contributed by atoms with Crippen LogP contribution in [0.15, 0.2) is 84.9 Å². The highest BCUT2D eigenvalue weighted by Gasteiger charge is 2.17. The summed E-state index contributed by atoms with van der Waals surface area (Å²) in [5, 5.41) is 2.34. The van der Waals surface area contributed by atoms with Crippen molar-refractivity contribution in [3.8, 4) is 5.75 Å². The zero-order chi connectivity index (χ0) is 19.8. The highest BCUT2D eigenvalue weighted by Crippen LogP contribution is 2.15. The van der Waals surface area contributed by atoms with Gasteiger partial charge in [-0.3, -0.25) is 14.9 Å². The Morgan fingerprint density at radius 3 is 2.07 bits per heavy atom. The Morgan fingerprint density at radius 1 is 0.821 bits per heavy atom. The summed E-state index contributed by atoms with van der Waals surface area (Å²) in [5.74, 6) is -0.214. The van der Waals surface area contributed by atoms with E-state index in [1.807, 2.05) is 54.6 Å². The quantitative estimate of drug-likeness (QED) is 0.666. The molecule has 5 heteroatoms. The molecule has 142 valence electrons. The second-order valence-electron chi connectivity index (χ2n) is 6.41. The topological polar surface area (TPSA) is 81.4 Å². The van der Waals surface area contributed by atoms with Gasteiger partial charge in [0.15, 0.2) is 0 Å². The number of carbonyl (C=O) groups is 2. The van der Waals surface area contributed by atoms with E-state index in [0.717, 1.165) is 16.9 Å². The smallest absolute Gasteiger partial charge is 0.257 e. The molecule has 3 N–H and O–H groups in total. The predicted octanol–water partition coefficient (Wildman–Crippen LogP) is 3.09. The zero-order valence-corrected chi connectivity index (χ0v) is 15.4. The third-order valence-electron chi connectivity index (χ3n) is 4.24. The van der Waals surface area contributed by atoms with Crippen molar-refractivity contribution in [2.24, 2.45) is 5.73 Å². The first kappa shape index (κ1) is 19.3. The average molecular weight is 374 g/mol. The van der Waals surface area contributed by atoms with Crippen molar-refractivity contribution < 1.29 is 14.3 Å². The molecule has 0 bridgehead atoms. The summed E-state index contributed by atoms with van der Waals surface area (Å²) < 4.78 is 5.75. The molecule has 0 aromatic heterocycles. The first-order valence-electron chi connectivity index (χ1n) is 9.03. The van der Waals surface area contributed by atoms with Gasteiger partial charge in [0, 0.05) is 5.56 Å². The summed E-state index contributed by atoms with van der Waals surface area (Å²) in [7, 11) is 0. The summed E-state index contributed by atoms with van der Waals surface area (Å²) in [6, 6.07) is 25.1. The summed E-state index contributed by atoms with van der Waals surface area (Å²) in [6.45, 7) is 0.490. The molecule has 3 aromatic carbocycles. The second kappa shape index (κ2) is 9.48. The van der Waals surface area contributed by atoms with Gasteiger partial charge in [0.05, 0.1) is 6.04 Å². The maximum atomic E-state index is 12.2. The summed E-state index contributed by atoms with van der Waals surface area (Å²) in [6.07, 6.45) is 0.326. The summed E-state index contributed by atoms with van der Waals surface area (Å²) in [4.78, 5) is 24.2. The van der Waals surface area contributed by atoms with Crippen molar-refractivity contribution in [2.75, 3.05) is 0 Å². The van der Waals surface area contributed by atoms with Gasteiger partial charge in [0.1, 0.15) is 12.4 Å². The van der Waals surface area contributed by atoms with Crippen LogP contribution in [0.25, 0.3) is 0 Å². The van der Waals surface area contributed by atoms with Crippen LogP contribution >= 0.6 is 0 Å². The van der Waals surface area contributed by atoms with Crippen LogP contribution in [0.5, 0.6) is 5.75 Å². The maximum absolute atomic E-state index is 12.2. The number of imide groups is 1. The molecule has 3 rings (SSSR count). The van der Waals surface area contributed by atoms with Crippen molar-refractivity contribution in [1.82, 2.24) is 5.32 Å². The van der Waals surface area contributed by atoms with Gasteiger partial charge in [-0.25, -0.2) is 0 Å². The molecule has 0 fully saturated rings. The molecule has 1 atom stereocenters. The van der Waals surface area contributed by atoms with Crippen LogP contribution in [-0.4, -0.2) is 17.9 Å². The highest BCUT2D eigenvalue weighted by atomic mass is 16.5. The first-order chi connectivity index (χ1) is 13.6. The molecular weight excluding hydrogens is 352 g/mol. The van der Waals surface area contributed by atoms with Gasteiger partial charge < -0.3 is 10.5 Å². The van der Waals surface area contributed by atoms with Crippen LogP contribution in [0.4, 0.5) is 0 Å². The Balaban J connectivity index is 1.50. The predicted molar refractivity (Wildman–Crippen MR) is 108 cm³/mol. The van der Waals surface area contributed by atoms with Gasteiger partial charge in [-0.2, -0.15) is 0 Å². The molecule has 2 amide bonds. The fraction of sp³-hybridized carbons (Fsp3) is 0.130. The molecule has 0 unspecified atom stereocenters. The van der Waals surface area contributed by atoms with E-state index in [2.05, 4.69) is 5.32 Å². The standard InChI is InChI=1S/C23H22N2O3/c24-21(23(27)25-22(26)19-9-5-2-6-10-19)15-17-11-13-20(14-12-17)28-16-18-7-3-1-4-8-18/h1-14,21H,15-16,24H2,(H,25,26,27)/t21-/m0/s1. The van der Waals surface area contributed by atoms with Crippen LogP contribution in [0.3, 0.4) is 0 Å². The number of nitrogens with two attached hydrogens (primary N) is 1. The summed E-state index contributed by atoms with van der Waals surface area (Å²) in [5.41, 5.74) is 8.35. The number of nitrogens with one attached hydrogen (secondary N) is 1. The lowest BCUT2D eigenvalue weighted by Crippen LogP contribution is -2.44. The van der Waals surface area contributed by atoms with Crippen molar-refractivity contribution >= 4 is 11.8 Å². The monoisotopic (exact) mass is 374 g/mol. The van der Waals surface area contributed by atoms with E-state index in [-0.39, 0.29) is 0 Å². The molecule has 5 nitrogen and oxygen atoms in total. The van der Waals surface area contributed by atoms with Gasteiger partial charge in [-0.05, 0) is 41.8 Å². The van der Waals surface area contributed by atoms with E-state index < -0.39 is 17.9 Å². The van der Waals surface area contributed by atoms with E-state index in [0.29, 0.717) is 18.6 Å². The van der Waals surface area contributed by atoms with E-state index in [4.69, 9.17) is 10.5 Å². The molecule has 0 spiro atoms. The molecule has 0 aliphatic heterocycles. The third kappa shape index (κ3) is 5.53. The number of carbonyl (C=O) groups excluding carboxylic acids is 2. The number of ether oxygens (including phenoxy) is 1. The van der Waals surface area contributed by atoms with Gasteiger partial charge in [0.25, 0.3) is 5.91 Å². The lowest BCUT2D eigenvalue weighted by atomic mass is 10.1. The van der Waals surface area contributed by atoms with Crippen LogP contribution in [0, 0.1) is 0 Å². The maximum Gasteiger partial charge on any atom is 0.257 e. The number of hydrogen-bond donors (Lipinski definition) is 2. The van der Waals surface area contributed by atoms with Crippen LogP contribution < -0.4 is 15.8 Å². The fourth-order valence-electron chi connectivity index (χ4n) is 2.68. The number of amides is 2. The van der Waals surface area contributed by atoms with Gasteiger partial charge >= 0.3 is 0 Å². The molecule has 0 saturated heterocycles. The zero-order valence-electron chi connectivity index (χ0n) is 15.4. The minimum Gasteiger partial charge on any atom is -0.489 e. The summed E-state index contributed by atoms with van der Waals surface area (Å²) >= 11 is 0. The Morgan fingerprint density at radius 2 is 1.43 bits per heavy atom. The molecule has 0 heterocycles. The minimum absolute atomic E-state index is 0.326. The molecule has 3 aromatic rings. The Labute approximate surface area is 164 Å². The number of hydrogen-bond acceptors (Lipinski definition) is 4. The second-order valence-corrected chi connectivity index (χ2v) is 6.41. The Kier molecular flexibility index (Phi) is 6.54. The average Bonchev–Trinajstić information content (AvgIpc) is 2.74. The number of benzene rings is 3. The molecule has 0 radical (unpaired) electrons. The molecule has 0 saturated carbocycles. The largest absolute Gasteiger partial charge is 0.489 e. The van der Waals surface area contributed by atoms with Crippen molar-refractivity contribution in [1.29, 1.82) is 0 Å². The van der Waals surface area contributed by atoms with Crippen molar-refractivity contribution in [2.45, 2.75) is 19.1 Å². The van der Waals surface area contributed by atoms with Crippen molar-refractivity contribution in [3.63, 3.8) is 0 Å². The highest BCUT2D eigenvalue weighted by molar-refractivity contribution is 6.06. The lowest BCUT2D eigenvalue weighted by Gasteiger charge is -2.12. The van der Waals surface area contributed by atoms with Gasteiger partial charge in [0.2, 0.25) is 5.91 Å². The Hall–Kier alpha value is -3.44. The van der Waals surface area contributed by atoms with Crippen LogP contribution in [-0.2, 0) is 17.8 Å².